The van der Waals surface area contributed by atoms with E-state index >= 15 is 0 Å². The fourth-order valence-electron chi connectivity index (χ4n) is 16.3. The monoisotopic (exact) mass is 1960 g/mol. The summed E-state index contributed by atoms with van der Waals surface area (Å²) in [6.45, 7) is -4.24. The zero-order chi connectivity index (χ0) is 125. The molecule has 0 radical (unpaired) electrons. The van der Waals surface area contributed by atoms with E-state index in [-0.39, 0.29) is 96.6 Å². The summed E-state index contributed by atoms with van der Waals surface area (Å²) in [5.41, 5.74) is 2.28. The Morgan fingerprint density at radius 2 is 0.716 bits per heavy atom. The Hall–Kier alpha value is -13.1. The van der Waals surface area contributed by atoms with Crippen molar-refractivity contribution < 1.29 is 112 Å². The van der Waals surface area contributed by atoms with Gasteiger partial charge in [-0.1, -0.05) is 300 Å². The summed E-state index contributed by atoms with van der Waals surface area (Å²) in [5, 5.41) is 58.7. The number of benzene rings is 9. The highest BCUT2D eigenvalue weighted by Crippen LogP contribution is 2.29. The Kier molecular flexibility index (Phi) is 32.4. The van der Waals surface area contributed by atoms with E-state index < -0.39 is 262 Å². The minimum absolute atomic E-state index is 0. The van der Waals surface area contributed by atoms with E-state index in [2.05, 4.69) is 37.2 Å². The van der Waals surface area contributed by atoms with Crippen LogP contribution in [-0.2, 0) is 67.2 Å². The second-order valence-electron chi connectivity index (χ2n) is 34.9. The molecule has 3 saturated heterocycles. The molecular weight excluding hydrogens is 1780 g/mol. The Labute approximate surface area is 877 Å². The third-order valence-electron chi connectivity index (χ3n) is 23.0. The SMILES string of the molecule is C.C.C.[2H]C([2H])(Oc1c(C)cccc1C)C(=O)N[C@@H](Cc1ccccc1)[C@@H](O)C[C@H](Cc1ccccc1)NC(=O)[C@H](C(C)C)N1C(=O)NC([2H])([2H])C([2H])([2H])C1([2H])[2H].[2H]c1c([2H])c(C([2H])([2H])[2H])c(OC([2H])([2H])C(=O)N[C@@H](Cc2ccccc2)[C@@H](O)C[C@H](Cc2ccccc2)NC(=O)[C@H](C(C)C)N2CCCNC2=O)c(C([2H])([2H])[2H])c1[2H].[2H]c1c([2H])c([2H])c(C([2H])([2H])[C@]([2H])(NC(=O)C([2H])([2H])Oc2c(C)cccc2C)[C@@H](O)C[C@H](Cc2ccccc2)NC(=O)[C@H](C(C)C)N2CCCNC2=O)c([2H])c1[2H]. The first kappa shape index (κ1) is 77.6. The number of urea groups is 3. The molecule has 12 amide bonds. The molecule has 27 heteroatoms. The maximum atomic E-state index is 14.1. The molecule has 9 aromatic carbocycles. The van der Waals surface area contributed by atoms with Crippen molar-refractivity contribution in [3.05, 3.63) is 303 Å². The first-order chi connectivity index (χ1) is 77.7. The molecule has 12 N–H and O–H groups in total. The predicted octanol–water partition coefficient (Wildman–Crippen LogP) is 14.9. The summed E-state index contributed by atoms with van der Waals surface area (Å²) in [6.07, 6.45) is -11.5. The normalized spacial score (nSPS) is 20.3. The number of carbonyl (C=O) groups is 9. The van der Waals surface area contributed by atoms with Crippen molar-refractivity contribution in [2.45, 2.75) is 255 Å². The van der Waals surface area contributed by atoms with Crippen LogP contribution in [0.2, 0.25) is 0 Å². The van der Waals surface area contributed by atoms with Crippen molar-refractivity contribution in [2.24, 2.45) is 17.8 Å². The van der Waals surface area contributed by atoms with Crippen LogP contribution in [0.1, 0.15) is 209 Å². The third kappa shape index (κ3) is 36.5. The number of aliphatic hydroxyl groups is 3. The average Bonchev–Trinajstić information content (AvgIpc) is 0.723. The molecule has 0 unspecified atom stereocenters. The predicted molar refractivity (Wildman–Crippen MR) is 559 cm³/mol. The van der Waals surface area contributed by atoms with E-state index in [9.17, 15) is 62.6 Å². The number of rotatable bonds is 45. The Balaban J connectivity index is 0.000000339. The van der Waals surface area contributed by atoms with Crippen molar-refractivity contribution >= 4 is 53.5 Å². The van der Waals surface area contributed by atoms with Gasteiger partial charge in [-0.3, -0.25) is 28.8 Å². The second kappa shape index (κ2) is 58.8. The number of amides is 12. The summed E-state index contributed by atoms with van der Waals surface area (Å²) in [4.78, 5) is 125. The van der Waals surface area contributed by atoms with E-state index in [1.54, 1.807) is 211 Å². The number of aryl methyl sites for hydroxylation is 4. The largest absolute Gasteiger partial charge is 0.483 e. The minimum atomic E-state index is -3.55. The fourth-order valence-corrected chi connectivity index (χ4v) is 16.3. The van der Waals surface area contributed by atoms with E-state index in [0.29, 0.717) is 82.9 Å². The molecule has 0 bridgehead atoms. The van der Waals surface area contributed by atoms with E-state index in [1.165, 1.54) is 23.6 Å². The first-order valence-corrected chi connectivity index (χ1v) is 45.9. The number of hydrogen-bond acceptors (Lipinski definition) is 15. The third-order valence-corrected chi connectivity index (χ3v) is 23.0. The van der Waals surface area contributed by atoms with E-state index in [1.807, 2.05) is 42.7 Å². The van der Waals surface area contributed by atoms with Crippen molar-refractivity contribution in [3.63, 3.8) is 0 Å². The molecule has 12 rings (SSSR count). The quantitative estimate of drug-likeness (QED) is 0.0169. The van der Waals surface area contributed by atoms with Gasteiger partial charge in [-0.05, 0) is 203 Å². The molecule has 3 aliphatic rings. The summed E-state index contributed by atoms with van der Waals surface area (Å²) in [6, 6.07) is 32.1. The number of para-hydroxylation sites is 3. The molecule has 3 heterocycles. The lowest BCUT2D eigenvalue weighted by molar-refractivity contribution is -0.129. The number of ether oxygens (including phenoxy) is 3. The highest BCUT2D eigenvalue weighted by molar-refractivity contribution is 5.90. The molecule has 0 aromatic heterocycles. The van der Waals surface area contributed by atoms with Gasteiger partial charge in [0.1, 0.15) is 35.4 Å². The van der Waals surface area contributed by atoms with E-state index in [0.717, 1.165) is 11.1 Å². The van der Waals surface area contributed by atoms with Gasteiger partial charge >= 0.3 is 18.1 Å². The van der Waals surface area contributed by atoms with Crippen LogP contribution in [0.5, 0.6) is 17.2 Å². The number of hydrogen-bond donors (Lipinski definition) is 12. The van der Waals surface area contributed by atoms with Gasteiger partial charge in [0.2, 0.25) is 17.7 Å². The van der Waals surface area contributed by atoms with Crippen molar-refractivity contribution in [1.29, 1.82) is 0 Å². The standard InChI is InChI=1S/3C37H48N4O5.3CH4/c3*1-25(2)34(41-20-12-19-38-37(41)45)36(44)39-30(21-28-15-7-5-8-16-28)23-32(42)31(22-29-17-9-6-10-18-29)40-33(43)24-46-35-26(3)13-11-14-27(35)4;;;/h3*5-11,13-18,25,30-32,34,42H,12,19-24H2,1-4H3,(H,38,45)(H,39,44)(H,40,43);3*1H4/t3*30-,31-,32-,34-;;;/m000.../s1/i6D,9D,10D,17D,18D,22D2,24D2,31D;3D3,4D3,11D,13D,14D,24D2;12D2,19D2,20D2,24D2;;;. The van der Waals surface area contributed by atoms with Gasteiger partial charge in [-0.15, -0.1) is 0 Å². The maximum absolute atomic E-state index is 14.1. The molecule has 27 nitrogen and oxygen atoms in total. The van der Waals surface area contributed by atoms with E-state index in [4.69, 9.17) is 49.9 Å². The highest BCUT2D eigenvalue weighted by atomic mass is 16.5. The molecule has 12 atom stereocenters. The van der Waals surface area contributed by atoms with Gasteiger partial charge in [0, 0.05) is 76.5 Å². The molecule has 9 aromatic rings. The van der Waals surface area contributed by atoms with Crippen LogP contribution in [-0.4, -0.2) is 215 Å². The average molecular weight is 1960 g/mol. The molecule has 0 aliphatic carbocycles. The van der Waals surface area contributed by atoms with Crippen LogP contribution in [0.3, 0.4) is 0 Å². The topological polar surface area (TPSA) is 360 Å². The van der Waals surface area contributed by atoms with Crippen LogP contribution in [0.25, 0.3) is 0 Å². The van der Waals surface area contributed by atoms with Crippen molar-refractivity contribution in [1.82, 2.24) is 62.6 Å². The minimum Gasteiger partial charge on any atom is -0.483 e. The van der Waals surface area contributed by atoms with Gasteiger partial charge in [0.15, 0.2) is 19.7 Å². The van der Waals surface area contributed by atoms with Crippen LogP contribution < -0.4 is 62.1 Å². The number of aliphatic hydroxyl groups excluding tert-OH is 3. The molecular formula is C114H156N12O15. The number of nitrogens with one attached hydrogen (secondary N) is 9. The van der Waals surface area contributed by atoms with Gasteiger partial charge in [0.25, 0.3) is 17.7 Å². The lowest BCUT2D eigenvalue weighted by Gasteiger charge is -2.37. The van der Waals surface area contributed by atoms with Crippen LogP contribution in [0.15, 0.2) is 236 Å². The number of nitrogens with zero attached hydrogens (tertiary/aromatic N) is 3. The lowest BCUT2D eigenvalue weighted by Crippen LogP contribution is -2.59. The first-order valence-electron chi connectivity index (χ1n) is 60.4. The molecule has 3 fully saturated rings. The number of carbonyl (C=O) groups excluding carboxylic acids is 9. The Morgan fingerprint density at radius 3 is 1.06 bits per heavy atom. The zero-order valence-corrected chi connectivity index (χ0v) is 79.0. The smallest absolute Gasteiger partial charge is 0.318 e. The maximum Gasteiger partial charge on any atom is 0.318 e. The molecule has 141 heavy (non-hydrogen) atoms. The zero-order valence-electron chi connectivity index (χ0n) is 108. The van der Waals surface area contributed by atoms with Crippen LogP contribution in [0.4, 0.5) is 14.4 Å². The van der Waals surface area contributed by atoms with Crippen molar-refractivity contribution in [2.75, 3.05) is 58.8 Å². The van der Waals surface area contributed by atoms with Crippen LogP contribution in [0, 0.1) is 59.2 Å². The Bertz CT molecular complexity index is 6760. The molecule has 0 saturated carbocycles. The molecule has 0 spiro atoms. The van der Waals surface area contributed by atoms with Gasteiger partial charge in [0.05, 0.1) is 57.0 Å². The van der Waals surface area contributed by atoms with Gasteiger partial charge in [-0.2, -0.15) is 0 Å². The summed E-state index contributed by atoms with van der Waals surface area (Å²) in [7, 11) is 0. The summed E-state index contributed by atoms with van der Waals surface area (Å²) >= 11 is 0. The van der Waals surface area contributed by atoms with Gasteiger partial charge in [-0.25, -0.2) is 14.4 Å². The molecule has 762 valence electrons. The lowest BCUT2D eigenvalue weighted by atomic mass is 9.92. The van der Waals surface area contributed by atoms with Gasteiger partial charge < -0.3 is 92.1 Å². The summed E-state index contributed by atoms with van der Waals surface area (Å²) in [5.74, 6) is -8.86. The molecule has 3 aliphatic heterocycles. The summed E-state index contributed by atoms with van der Waals surface area (Å²) < 4.78 is 259. The van der Waals surface area contributed by atoms with Crippen LogP contribution >= 0.6 is 0 Å². The fraction of sp³-hybridized carbons (Fsp3) is 0.447. The Morgan fingerprint density at radius 1 is 0.397 bits per heavy atom. The second-order valence-corrected chi connectivity index (χ2v) is 34.9. The highest BCUT2D eigenvalue weighted by Gasteiger charge is 2.40. The van der Waals surface area contributed by atoms with Crippen molar-refractivity contribution in [3.8, 4) is 17.2 Å².